The molecule has 2 rings (SSSR count). The van der Waals surface area contributed by atoms with E-state index in [0.717, 1.165) is 11.1 Å². The van der Waals surface area contributed by atoms with Gasteiger partial charge in [0, 0.05) is 6.42 Å². The molecule has 11 heteroatoms. The first-order chi connectivity index (χ1) is 17.2. The number of nitrogens with two attached hydrogens (primary N) is 1. The van der Waals surface area contributed by atoms with E-state index in [2.05, 4.69) is 21.4 Å². The van der Waals surface area contributed by atoms with Gasteiger partial charge in [-0.25, -0.2) is 5.48 Å². The van der Waals surface area contributed by atoms with Crippen molar-refractivity contribution in [1.29, 1.82) is 0 Å². The van der Waals surface area contributed by atoms with Gasteiger partial charge in [0.1, 0.15) is 24.4 Å². The second-order valence-corrected chi connectivity index (χ2v) is 8.16. The number of phenols is 1. The molecule has 0 spiro atoms. The van der Waals surface area contributed by atoms with Crippen LogP contribution in [0.25, 0.3) is 0 Å². The van der Waals surface area contributed by atoms with E-state index in [1.165, 1.54) is 19.1 Å². The van der Waals surface area contributed by atoms with Crippen LogP contribution in [0.1, 0.15) is 31.4 Å². The van der Waals surface area contributed by atoms with Crippen molar-refractivity contribution in [3.63, 3.8) is 0 Å². The van der Waals surface area contributed by atoms with Gasteiger partial charge in [-0.05, 0) is 43.5 Å². The SMILES string of the molecule is CCONC(=O)CC(=O)N[C@H](Cc1ccccc1)NC(=O)[C@@H](C)NC(=O)[C@@H](N)Cc1ccc(O)cc1. The number of carbonyl (C=O) groups is 4. The molecule has 2 aromatic carbocycles. The van der Waals surface area contributed by atoms with Crippen LogP contribution < -0.4 is 27.2 Å². The van der Waals surface area contributed by atoms with Gasteiger partial charge in [-0.3, -0.25) is 24.0 Å². The Morgan fingerprint density at radius 3 is 2.14 bits per heavy atom. The summed E-state index contributed by atoms with van der Waals surface area (Å²) < 4.78 is 0. The van der Waals surface area contributed by atoms with Crippen molar-refractivity contribution in [3.8, 4) is 5.75 Å². The normalized spacial score (nSPS) is 13.1. The highest BCUT2D eigenvalue weighted by molar-refractivity contribution is 5.96. The Hall–Kier alpha value is -3.96. The minimum absolute atomic E-state index is 0.106. The molecule has 0 heterocycles. The Morgan fingerprint density at radius 2 is 1.50 bits per heavy atom. The van der Waals surface area contributed by atoms with Crippen LogP contribution in [0.15, 0.2) is 54.6 Å². The van der Waals surface area contributed by atoms with Crippen LogP contribution in [0.4, 0.5) is 0 Å². The van der Waals surface area contributed by atoms with Gasteiger partial charge in [-0.2, -0.15) is 0 Å². The number of nitrogens with one attached hydrogen (secondary N) is 4. The van der Waals surface area contributed by atoms with Gasteiger partial charge in [-0.15, -0.1) is 0 Å². The Labute approximate surface area is 209 Å². The topological polar surface area (TPSA) is 172 Å². The number of hydrogen-bond donors (Lipinski definition) is 6. The molecule has 0 saturated heterocycles. The summed E-state index contributed by atoms with van der Waals surface area (Å²) in [6.07, 6.45) is -0.847. The molecule has 0 saturated carbocycles. The van der Waals surface area contributed by atoms with E-state index in [-0.39, 0.29) is 25.2 Å². The third kappa shape index (κ3) is 10.1. The van der Waals surface area contributed by atoms with E-state index in [9.17, 15) is 24.3 Å². The summed E-state index contributed by atoms with van der Waals surface area (Å²) in [7, 11) is 0. The van der Waals surface area contributed by atoms with Gasteiger partial charge in [0.2, 0.25) is 17.7 Å². The summed E-state index contributed by atoms with van der Waals surface area (Å²) in [5, 5.41) is 17.3. The molecule has 0 bridgehead atoms. The second-order valence-electron chi connectivity index (χ2n) is 8.16. The van der Waals surface area contributed by atoms with Crippen LogP contribution in [-0.4, -0.2) is 53.6 Å². The fraction of sp³-hybridized carbons (Fsp3) is 0.360. The van der Waals surface area contributed by atoms with Crippen LogP contribution in [0.3, 0.4) is 0 Å². The number of phenolic OH excluding ortho intramolecular Hbond substituents is 1. The zero-order valence-corrected chi connectivity index (χ0v) is 20.3. The summed E-state index contributed by atoms with van der Waals surface area (Å²) in [6, 6.07) is 13.6. The molecule has 0 aliphatic carbocycles. The molecule has 0 aliphatic rings. The van der Waals surface area contributed by atoms with Gasteiger partial charge in [-0.1, -0.05) is 42.5 Å². The zero-order valence-electron chi connectivity index (χ0n) is 20.3. The second kappa shape index (κ2) is 14.4. The quantitative estimate of drug-likeness (QED) is 0.128. The summed E-state index contributed by atoms with van der Waals surface area (Å²) in [5.74, 6) is -2.19. The molecule has 11 nitrogen and oxygen atoms in total. The molecule has 0 aromatic heterocycles. The van der Waals surface area contributed by atoms with Crippen molar-refractivity contribution in [2.24, 2.45) is 5.73 Å². The van der Waals surface area contributed by atoms with Crippen molar-refractivity contribution in [3.05, 3.63) is 65.7 Å². The smallest absolute Gasteiger partial charge is 0.252 e. The molecular formula is C25H33N5O6. The zero-order chi connectivity index (χ0) is 26.5. The molecule has 3 atom stereocenters. The van der Waals surface area contributed by atoms with Gasteiger partial charge in [0.15, 0.2) is 0 Å². The summed E-state index contributed by atoms with van der Waals surface area (Å²) in [4.78, 5) is 54.2. The lowest BCUT2D eigenvalue weighted by Gasteiger charge is -2.23. The number of hydrogen-bond acceptors (Lipinski definition) is 7. The van der Waals surface area contributed by atoms with Gasteiger partial charge in [0.25, 0.3) is 5.91 Å². The van der Waals surface area contributed by atoms with Crippen molar-refractivity contribution < 1.29 is 29.1 Å². The van der Waals surface area contributed by atoms with Crippen molar-refractivity contribution in [2.45, 2.75) is 51.4 Å². The third-order valence-electron chi connectivity index (χ3n) is 5.07. The van der Waals surface area contributed by atoms with Crippen LogP contribution in [0.5, 0.6) is 5.75 Å². The van der Waals surface area contributed by atoms with E-state index in [1.54, 1.807) is 19.1 Å². The average Bonchev–Trinajstić information content (AvgIpc) is 2.84. The maximum atomic E-state index is 12.8. The van der Waals surface area contributed by atoms with E-state index >= 15 is 0 Å². The number of amides is 4. The van der Waals surface area contributed by atoms with Gasteiger partial charge >= 0.3 is 0 Å². The summed E-state index contributed by atoms with van der Waals surface area (Å²) in [5.41, 5.74) is 9.71. The van der Waals surface area contributed by atoms with Gasteiger partial charge < -0.3 is 26.8 Å². The highest BCUT2D eigenvalue weighted by Gasteiger charge is 2.24. The Balaban J connectivity index is 1.96. The van der Waals surface area contributed by atoms with Crippen LogP contribution >= 0.6 is 0 Å². The standard InChI is InChI=1S/C25H33N5O6/c1-3-36-30-23(33)15-22(32)28-21(14-17-7-5-4-6-8-17)29-24(34)16(2)27-25(35)20(26)13-18-9-11-19(31)12-10-18/h4-12,16,20-21,31H,3,13-15,26H2,1-2H3,(H,27,35)(H,28,32)(H,29,34)(H,30,33)/t16-,20+,21+/m1/s1. The molecule has 2 aromatic rings. The highest BCUT2D eigenvalue weighted by Crippen LogP contribution is 2.11. The Kier molecular flexibility index (Phi) is 11.3. The van der Waals surface area contributed by atoms with E-state index in [4.69, 9.17) is 10.6 Å². The average molecular weight is 500 g/mol. The van der Waals surface area contributed by atoms with Crippen molar-refractivity contribution in [2.75, 3.05) is 6.61 Å². The predicted octanol–water partition coefficient (Wildman–Crippen LogP) is 0.0257. The fourth-order valence-electron chi connectivity index (χ4n) is 3.23. The minimum atomic E-state index is -0.945. The van der Waals surface area contributed by atoms with Crippen molar-refractivity contribution >= 4 is 23.6 Å². The molecule has 0 fully saturated rings. The number of hydroxylamine groups is 1. The number of benzene rings is 2. The molecule has 0 aliphatic heterocycles. The molecular weight excluding hydrogens is 466 g/mol. The number of aromatic hydroxyl groups is 1. The van der Waals surface area contributed by atoms with E-state index in [1.807, 2.05) is 30.3 Å². The van der Waals surface area contributed by atoms with E-state index in [0.29, 0.717) is 0 Å². The summed E-state index contributed by atoms with van der Waals surface area (Å²) >= 11 is 0. The lowest BCUT2D eigenvalue weighted by atomic mass is 10.1. The monoisotopic (exact) mass is 499 g/mol. The predicted molar refractivity (Wildman–Crippen MR) is 132 cm³/mol. The minimum Gasteiger partial charge on any atom is -0.508 e. The Bertz CT molecular complexity index is 1020. The van der Waals surface area contributed by atoms with Crippen LogP contribution in [0, 0.1) is 0 Å². The lowest BCUT2D eigenvalue weighted by Crippen LogP contribution is -2.56. The van der Waals surface area contributed by atoms with E-state index < -0.39 is 48.3 Å². The van der Waals surface area contributed by atoms with Crippen molar-refractivity contribution in [1.82, 2.24) is 21.4 Å². The first-order valence-corrected chi connectivity index (χ1v) is 11.6. The third-order valence-corrected chi connectivity index (χ3v) is 5.07. The molecule has 36 heavy (non-hydrogen) atoms. The maximum absolute atomic E-state index is 12.8. The number of rotatable bonds is 13. The lowest BCUT2D eigenvalue weighted by molar-refractivity contribution is -0.138. The number of carbonyl (C=O) groups excluding carboxylic acids is 4. The fourth-order valence-corrected chi connectivity index (χ4v) is 3.23. The molecule has 0 radical (unpaired) electrons. The molecule has 7 N–H and O–H groups in total. The maximum Gasteiger partial charge on any atom is 0.252 e. The first-order valence-electron chi connectivity index (χ1n) is 11.6. The molecule has 4 amide bonds. The first kappa shape index (κ1) is 28.3. The highest BCUT2D eigenvalue weighted by atomic mass is 16.6. The Morgan fingerprint density at radius 1 is 0.861 bits per heavy atom. The van der Waals surface area contributed by atoms with Gasteiger partial charge in [0.05, 0.1) is 12.6 Å². The molecule has 194 valence electrons. The van der Waals surface area contributed by atoms with Crippen LogP contribution in [-0.2, 0) is 36.9 Å². The molecule has 0 unspecified atom stereocenters. The largest absolute Gasteiger partial charge is 0.508 e. The van der Waals surface area contributed by atoms with Crippen LogP contribution in [0.2, 0.25) is 0 Å². The summed E-state index contributed by atoms with van der Waals surface area (Å²) in [6.45, 7) is 3.44.